The first-order chi connectivity index (χ1) is 13.5. The molecule has 2 aromatic carbocycles. The lowest BCUT2D eigenvalue weighted by atomic mass is 10.1. The smallest absolute Gasteiger partial charge is 0.267 e. The van der Waals surface area contributed by atoms with Gasteiger partial charge in [0.15, 0.2) is 0 Å². The number of rotatable bonds is 7. The fourth-order valence-corrected chi connectivity index (χ4v) is 2.83. The second-order valence-electron chi connectivity index (χ2n) is 6.17. The van der Waals surface area contributed by atoms with Gasteiger partial charge in [0.05, 0.1) is 12.8 Å². The number of carbonyl (C=O) groups is 1. The summed E-state index contributed by atoms with van der Waals surface area (Å²) in [4.78, 5) is 24.3. The highest BCUT2D eigenvalue weighted by molar-refractivity contribution is 6.30. The number of hydrogen-bond acceptors (Lipinski definition) is 4. The van der Waals surface area contributed by atoms with Gasteiger partial charge >= 0.3 is 0 Å². The molecule has 7 heteroatoms. The zero-order valence-corrected chi connectivity index (χ0v) is 16.1. The van der Waals surface area contributed by atoms with Crippen LogP contribution >= 0.6 is 11.6 Å². The molecule has 0 spiro atoms. The molecule has 3 rings (SSSR count). The maximum Gasteiger partial charge on any atom is 0.267 e. The minimum absolute atomic E-state index is 0.141. The van der Waals surface area contributed by atoms with Crippen molar-refractivity contribution in [3.05, 3.63) is 81.6 Å². The topological polar surface area (TPSA) is 73.2 Å². The predicted molar refractivity (Wildman–Crippen MR) is 109 cm³/mol. The Kier molecular flexibility index (Phi) is 6.45. The van der Waals surface area contributed by atoms with Gasteiger partial charge in [-0.1, -0.05) is 35.9 Å². The van der Waals surface area contributed by atoms with Crippen LogP contribution in [0.15, 0.2) is 65.5 Å². The van der Waals surface area contributed by atoms with Crippen LogP contribution < -0.4 is 15.6 Å². The van der Waals surface area contributed by atoms with Crippen LogP contribution in [0.3, 0.4) is 0 Å². The summed E-state index contributed by atoms with van der Waals surface area (Å²) in [6.07, 6.45) is 0.663. The largest absolute Gasteiger partial charge is 0.497 e. The van der Waals surface area contributed by atoms with Crippen molar-refractivity contribution < 1.29 is 9.53 Å². The first kappa shape index (κ1) is 19.6. The number of nitrogens with one attached hydrogen (secondary N) is 1. The number of carbonyl (C=O) groups excluding carboxylic acids is 1. The van der Waals surface area contributed by atoms with Gasteiger partial charge in [0.2, 0.25) is 5.91 Å². The van der Waals surface area contributed by atoms with Crippen molar-refractivity contribution in [2.75, 3.05) is 13.7 Å². The fraction of sp³-hybridized carbons (Fsp3) is 0.190. The molecule has 0 radical (unpaired) electrons. The molecular formula is C21H20ClN3O3. The number of nitrogens with zero attached hydrogens (tertiary/aromatic N) is 2. The molecular weight excluding hydrogens is 378 g/mol. The molecule has 1 N–H and O–H groups in total. The van der Waals surface area contributed by atoms with Crippen LogP contribution in [0.4, 0.5) is 0 Å². The van der Waals surface area contributed by atoms with Gasteiger partial charge in [-0.2, -0.15) is 5.10 Å². The van der Waals surface area contributed by atoms with Crippen LogP contribution in [0.2, 0.25) is 5.02 Å². The number of aromatic nitrogens is 2. The summed E-state index contributed by atoms with van der Waals surface area (Å²) >= 11 is 5.90. The Balaban J connectivity index is 1.61. The van der Waals surface area contributed by atoms with E-state index in [1.54, 1.807) is 25.3 Å². The van der Waals surface area contributed by atoms with Gasteiger partial charge in [0, 0.05) is 23.2 Å². The standard InChI is InChI=1S/C21H20ClN3O3/c1-28-18-4-2-3-15(13-18)11-12-23-20(26)14-25-21(27)10-9-19(24-25)16-5-7-17(22)8-6-16/h2-10,13H,11-12,14H2,1H3,(H,23,26). The minimum Gasteiger partial charge on any atom is -0.497 e. The van der Waals surface area contributed by atoms with E-state index in [1.807, 2.05) is 36.4 Å². The highest BCUT2D eigenvalue weighted by Crippen LogP contribution is 2.18. The summed E-state index contributed by atoms with van der Waals surface area (Å²) in [5.74, 6) is 0.504. The van der Waals surface area contributed by atoms with E-state index in [0.29, 0.717) is 23.7 Å². The van der Waals surface area contributed by atoms with Crippen LogP contribution in [0.5, 0.6) is 5.75 Å². The van der Waals surface area contributed by atoms with Crippen LogP contribution in [0.1, 0.15) is 5.56 Å². The Morgan fingerprint density at radius 3 is 2.68 bits per heavy atom. The summed E-state index contributed by atoms with van der Waals surface area (Å²) in [6, 6.07) is 17.8. The fourth-order valence-electron chi connectivity index (χ4n) is 2.70. The number of halogens is 1. The molecule has 3 aromatic rings. The Morgan fingerprint density at radius 1 is 1.14 bits per heavy atom. The van der Waals surface area contributed by atoms with Crippen molar-refractivity contribution >= 4 is 17.5 Å². The molecule has 0 unspecified atom stereocenters. The molecule has 1 heterocycles. The Hall–Kier alpha value is -3.12. The van der Waals surface area contributed by atoms with E-state index in [1.165, 1.54) is 6.07 Å². The number of amides is 1. The lowest BCUT2D eigenvalue weighted by Gasteiger charge is -2.09. The normalized spacial score (nSPS) is 10.5. The zero-order chi connectivity index (χ0) is 19.9. The summed E-state index contributed by atoms with van der Waals surface area (Å²) < 4.78 is 6.35. The van der Waals surface area contributed by atoms with Crippen molar-refractivity contribution in [1.82, 2.24) is 15.1 Å². The highest BCUT2D eigenvalue weighted by atomic mass is 35.5. The summed E-state index contributed by atoms with van der Waals surface area (Å²) in [5.41, 5.74) is 2.14. The van der Waals surface area contributed by atoms with Gasteiger partial charge < -0.3 is 10.1 Å². The minimum atomic E-state index is -0.333. The van der Waals surface area contributed by atoms with Gasteiger partial charge in [-0.15, -0.1) is 0 Å². The van der Waals surface area contributed by atoms with Crippen molar-refractivity contribution in [1.29, 1.82) is 0 Å². The molecule has 0 aliphatic heterocycles. The number of benzene rings is 2. The van der Waals surface area contributed by atoms with Gasteiger partial charge in [-0.25, -0.2) is 4.68 Å². The Morgan fingerprint density at radius 2 is 1.93 bits per heavy atom. The quantitative estimate of drug-likeness (QED) is 0.665. The molecule has 1 amide bonds. The third kappa shape index (κ3) is 5.20. The van der Waals surface area contributed by atoms with Crippen molar-refractivity contribution in [2.45, 2.75) is 13.0 Å². The average Bonchev–Trinajstić information content (AvgIpc) is 2.70. The molecule has 0 saturated carbocycles. The van der Waals surface area contributed by atoms with E-state index in [-0.39, 0.29) is 18.0 Å². The van der Waals surface area contributed by atoms with E-state index in [9.17, 15) is 9.59 Å². The Bertz CT molecular complexity index is 1020. The third-order valence-corrected chi connectivity index (χ3v) is 4.42. The van der Waals surface area contributed by atoms with Gasteiger partial charge in [0.1, 0.15) is 12.3 Å². The van der Waals surface area contributed by atoms with Gasteiger partial charge in [-0.3, -0.25) is 9.59 Å². The van der Waals surface area contributed by atoms with Crippen LogP contribution in [-0.4, -0.2) is 29.3 Å². The van der Waals surface area contributed by atoms with Crippen LogP contribution in [0, 0.1) is 0 Å². The van der Waals surface area contributed by atoms with E-state index in [2.05, 4.69) is 10.4 Å². The first-order valence-corrected chi connectivity index (χ1v) is 9.17. The van der Waals surface area contributed by atoms with Crippen LogP contribution in [0.25, 0.3) is 11.3 Å². The summed E-state index contributed by atoms with van der Waals surface area (Å²) in [7, 11) is 1.61. The first-order valence-electron chi connectivity index (χ1n) is 8.79. The molecule has 144 valence electrons. The summed E-state index contributed by atoms with van der Waals surface area (Å²) in [5, 5.41) is 7.72. The second kappa shape index (κ2) is 9.19. The van der Waals surface area contributed by atoms with Crippen LogP contribution in [-0.2, 0) is 17.8 Å². The molecule has 0 fully saturated rings. The van der Waals surface area contributed by atoms with Gasteiger partial charge in [0.25, 0.3) is 5.56 Å². The van der Waals surface area contributed by atoms with E-state index < -0.39 is 0 Å². The van der Waals surface area contributed by atoms with Crippen molar-refractivity contribution in [3.63, 3.8) is 0 Å². The molecule has 0 aliphatic rings. The number of methoxy groups -OCH3 is 1. The van der Waals surface area contributed by atoms with E-state index in [0.717, 1.165) is 21.6 Å². The second-order valence-corrected chi connectivity index (χ2v) is 6.61. The van der Waals surface area contributed by atoms with E-state index >= 15 is 0 Å². The average molecular weight is 398 g/mol. The van der Waals surface area contributed by atoms with Crippen molar-refractivity contribution in [3.8, 4) is 17.0 Å². The SMILES string of the molecule is COc1cccc(CCNC(=O)Cn2nc(-c3ccc(Cl)cc3)ccc2=O)c1. The van der Waals surface area contributed by atoms with Crippen molar-refractivity contribution in [2.24, 2.45) is 0 Å². The maximum atomic E-state index is 12.2. The third-order valence-electron chi connectivity index (χ3n) is 4.17. The zero-order valence-electron chi connectivity index (χ0n) is 15.4. The lowest BCUT2D eigenvalue weighted by Crippen LogP contribution is -2.34. The number of ether oxygens (including phenoxy) is 1. The van der Waals surface area contributed by atoms with E-state index in [4.69, 9.17) is 16.3 Å². The molecule has 1 aromatic heterocycles. The molecule has 0 atom stereocenters. The number of hydrogen-bond donors (Lipinski definition) is 1. The monoisotopic (exact) mass is 397 g/mol. The lowest BCUT2D eigenvalue weighted by molar-refractivity contribution is -0.121. The maximum absolute atomic E-state index is 12.2. The molecule has 0 saturated heterocycles. The summed E-state index contributed by atoms with van der Waals surface area (Å²) in [6.45, 7) is 0.315. The molecule has 6 nitrogen and oxygen atoms in total. The Labute approximate surface area is 167 Å². The molecule has 0 bridgehead atoms. The van der Waals surface area contributed by atoms with Gasteiger partial charge in [-0.05, 0) is 42.3 Å². The highest BCUT2D eigenvalue weighted by Gasteiger charge is 2.08. The molecule has 0 aliphatic carbocycles. The molecule has 28 heavy (non-hydrogen) atoms. The predicted octanol–water partition coefficient (Wildman–Crippen LogP) is 2.93.